The molecule has 0 saturated carbocycles. The molecule has 0 fully saturated rings. The summed E-state index contributed by atoms with van der Waals surface area (Å²) in [4.78, 5) is 4.11. The highest BCUT2D eigenvalue weighted by molar-refractivity contribution is 7.90. The fraction of sp³-hybridized carbons (Fsp3) is 0.643. The number of rotatable bonds is 6. The maximum atomic E-state index is 12.6. The molecule has 0 unspecified atom stereocenters. The molecule has 0 aliphatic heterocycles. The van der Waals surface area contributed by atoms with E-state index in [4.69, 9.17) is 4.74 Å². The Morgan fingerprint density at radius 2 is 2.05 bits per heavy atom. The van der Waals surface area contributed by atoms with Gasteiger partial charge in [-0.15, -0.1) is 4.31 Å². The zero-order valence-corrected chi connectivity index (χ0v) is 14.8. The Morgan fingerprint density at radius 1 is 1.45 bits per heavy atom. The van der Waals surface area contributed by atoms with Gasteiger partial charge in [-0.1, -0.05) is 6.07 Å². The van der Waals surface area contributed by atoms with Crippen LogP contribution in [0.3, 0.4) is 0 Å². The number of pyridine rings is 1. The Kier molecular flexibility index (Phi) is 6.70. The maximum Gasteiger partial charge on any atom is 0.494 e. The fourth-order valence-corrected chi connectivity index (χ4v) is 3.47. The third-order valence-electron chi connectivity index (χ3n) is 3.33. The summed E-state index contributed by atoms with van der Waals surface area (Å²) in [6, 6.07) is 1.45. The van der Waals surface area contributed by atoms with Gasteiger partial charge in [0.05, 0.1) is 13.2 Å². The second-order valence-corrected chi connectivity index (χ2v) is 8.20. The first kappa shape index (κ1) is 19.3. The van der Waals surface area contributed by atoms with E-state index in [0.29, 0.717) is 6.54 Å². The number of nitrogens with zero attached hydrogens (tertiary/aromatic N) is 2. The summed E-state index contributed by atoms with van der Waals surface area (Å²) in [5.74, 6) is 0.172. The second kappa shape index (κ2) is 7.65. The number of hydrogen-bond donors (Lipinski definition) is 2. The first-order chi connectivity index (χ1) is 10.1. The summed E-state index contributed by atoms with van der Waals surface area (Å²) in [5.41, 5.74) is 0.952. The van der Waals surface area contributed by atoms with Gasteiger partial charge in [-0.3, -0.25) is 0 Å². The first-order valence-electron chi connectivity index (χ1n) is 7.22. The van der Waals surface area contributed by atoms with E-state index in [2.05, 4.69) is 4.98 Å². The summed E-state index contributed by atoms with van der Waals surface area (Å²) in [6.07, 6.45) is 1.61. The maximum absolute atomic E-state index is 12.6. The molecule has 124 valence electrons. The highest BCUT2D eigenvalue weighted by Gasteiger charge is 2.36. The molecule has 8 heteroatoms. The van der Waals surface area contributed by atoms with E-state index >= 15 is 0 Å². The third-order valence-corrected chi connectivity index (χ3v) is 5.38. The van der Waals surface area contributed by atoms with Crippen LogP contribution >= 0.6 is 0 Å². The smallest absolute Gasteiger partial charge is 0.494 e. The number of ether oxygens (including phenoxy) is 1. The highest BCUT2D eigenvalue weighted by Crippen LogP contribution is 2.29. The van der Waals surface area contributed by atoms with Crippen LogP contribution in [0.5, 0.6) is 5.88 Å². The molecule has 0 amide bonds. The lowest BCUT2D eigenvalue weighted by Gasteiger charge is -2.35. The average Bonchev–Trinajstić information content (AvgIpc) is 2.45. The van der Waals surface area contributed by atoms with Gasteiger partial charge in [0.25, 0.3) is 0 Å². The van der Waals surface area contributed by atoms with Crippen molar-refractivity contribution in [2.24, 2.45) is 0 Å². The normalized spacial score (nSPS) is 14.8. The van der Waals surface area contributed by atoms with Crippen molar-refractivity contribution in [1.82, 2.24) is 9.29 Å². The highest BCUT2D eigenvalue weighted by atomic mass is 32.2. The molecule has 1 aromatic heterocycles. The van der Waals surface area contributed by atoms with Gasteiger partial charge in [0.15, 0.2) is 0 Å². The number of aromatic nitrogens is 1. The van der Waals surface area contributed by atoms with Crippen molar-refractivity contribution in [2.75, 3.05) is 13.7 Å². The van der Waals surface area contributed by atoms with Gasteiger partial charge in [0.2, 0.25) is 5.88 Å². The van der Waals surface area contributed by atoms with Gasteiger partial charge in [-0.05, 0) is 40.2 Å². The van der Waals surface area contributed by atoms with Crippen LogP contribution in [-0.4, -0.2) is 49.4 Å². The first-order valence-corrected chi connectivity index (χ1v) is 8.32. The molecule has 0 aromatic carbocycles. The van der Waals surface area contributed by atoms with Gasteiger partial charge >= 0.3 is 7.12 Å². The minimum absolute atomic E-state index is 0.172. The van der Waals surface area contributed by atoms with E-state index < -0.39 is 18.5 Å². The van der Waals surface area contributed by atoms with E-state index in [9.17, 15) is 14.6 Å². The summed E-state index contributed by atoms with van der Waals surface area (Å²) >= 11 is -1.18. The Balaban J connectivity index is 3.15. The van der Waals surface area contributed by atoms with Crippen molar-refractivity contribution in [3.63, 3.8) is 0 Å². The van der Waals surface area contributed by atoms with Crippen molar-refractivity contribution >= 4 is 23.9 Å². The summed E-state index contributed by atoms with van der Waals surface area (Å²) in [7, 11) is -0.248. The Bertz CT molecular complexity index is 496. The fourth-order valence-electron chi connectivity index (χ4n) is 2.12. The Labute approximate surface area is 136 Å². The van der Waals surface area contributed by atoms with E-state index in [-0.39, 0.29) is 22.1 Å². The van der Waals surface area contributed by atoms with Gasteiger partial charge in [0.1, 0.15) is 4.75 Å². The van der Waals surface area contributed by atoms with Crippen LogP contribution in [0.1, 0.15) is 46.2 Å². The van der Waals surface area contributed by atoms with Crippen LogP contribution < -0.4 is 10.2 Å². The van der Waals surface area contributed by atoms with E-state index in [1.807, 2.05) is 38.9 Å². The van der Waals surface area contributed by atoms with Gasteiger partial charge in [-0.2, -0.15) is 0 Å². The molecule has 0 bridgehead atoms. The van der Waals surface area contributed by atoms with Crippen molar-refractivity contribution in [1.29, 1.82) is 0 Å². The standard InChI is InChI=1S/C14H25BN2O4S/c1-7-17(22(20)14(3,4)5)10(2)11-8-12(15(18)19)13(21-6)16-9-11/h8-10,18-19H,7H2,1-6H3/t10-,22+/m1/s1. The Morgan fingerprint density at radius 3 is 2.45 bits per heavy atom. The molecule has 1 rings (SSSR count). The molecule has 2 atom stereocenters. The van der Waals surface area contributed by atoms with Gasteiger partial charge < -0.3 is 19.3 Å². The minimum atomic E-state index is -1.67. The zero-order chi connectivity index (χ0) is 17.1. The van der Waals surface area contributed by atoms with E-state index in [0.717, 1.165) is 5.56 Å². The monoisotopic (exact) mass is 328 g/mol. The van der Waals surface area contributed by atoms with Crippen molar-refractivity contribution < 1.29 is 19.3 Å². The second-order valence-electron chi connectivity index (χ2n) is 6.01. The third kappa shape index (κ3) is 4.36. The van der Waals surface area contributed by atoms with Crippen LogP contribution in [0, 0.1) is 0 Å². The van der Waals surface area contributed by atoms with Crippen molar-refractivity contribution in [2.45, 2.75) is 45.4 Å². The molecule has 2 N–H and O–H groups in total. The lowest BCUT2D eigenvalue weighted by molar-refractivity contribution is 0.343. The molecular formula is C14H25BN2O4S. The summed E-state index contributed by atoms with van der Waals surface area (Å²) in [6.45, 7) is 10.2. The molecular weight excluding hydrogens is 303 g/mol. The quantitative estimate of drug-likeness (QED) is 0.588. The minimum Gasteiger partial charge on any atom is -0.597 e. The predicted molar refractivity (Wildman–Crippen MR) is 89.3 cm³/mol. The van der Waals surface area contributed by atoms with Crippen molar-refractivity contribution in [3.8, 4) is 5.88 Å². The summed E-state index contributed by atoms with van der Waals surface area (Å²) < 4.78 is 19.2. The van der Waals surface area contributed by atoms with Crippen LogP contribution in [0.15, 0.2) is 12.3 Å². The molecule has 0 radical (unpaired) electrons. The molecule has 0 aliphatic rings. The van der Waals surface area contributed by atoms with E-state index in [1.165, 1.54) is 7.11 Å². The lowest BCUT2D eigenvalue weighted by Crippen LogP contribution is -2.44. The predicted octanol–water partition coefficient (Wildman–Crippen LogP) is 0.615. The van der Waals surface area contributed by atoms with Crippen LogP contribution in [0.25, 0.3) is 0 Å². The molecule has 1 aromatic rings. The van der Waals surface area contributed by atoms with E-state index in [1.54, 1.807) is 12.3 Å². The number of methoxy groups -OCH3 is 1. The average molecular weight is 328 g/mol. The number of hydrogen-bond acceptors (Lipinski definition) is 6. The molecule has 22 heavy (non-hydrogen) atoms. The zero-order valence-electron chi connectivity index (χ0n) is 14.0. The topological polar surface area (TPSA) is 88.9 Å². The molecule has 1 heterocycles. The molecule has 6 nitrogen and oxygen atoms in total. The molecule has 0 saturated heterocycles. The van der Waals surface area contributed by atoms with Crippen LogP contribution in [0.4, 0.5) is 0 Å². The van der Waals surface area contributed by atoms with Crippen molar-refractivity contribution in [3.05, 3.63) is 17.8 Å². The largest absolute Gasteiger partial charge is 0.597 e. The summed E-state index contributed by atoms with van der Waals surface area (Å²) in [5, 5.41) is 18.9. The molecule has 0 aliphatic carbocycles. The van der Waals surface area contributed by atoms with Gasteiger partial charge in [0, 0.05) is 29.6 Å². The van der Waals surface area contributed by atoms with Crippen LogP contribution in [-0.2, 0) is 11.4 Å². The SMILES string of the molecule is CCN([C@H](C)c1cnc(OC)c(B(O)O)c1)[S@@+]([O-])C(C)(C)C. The molecule has 0 spiro atoms. The van der Waals surface area contributed by atoms with Crippen LogP contribution in [0.2, 0.25) is 0 Å². The Hall–Kier alpha value is -0.795. The lowest BCUT2D eigenvalue weighted by atomic mass is 9.80. The van der Waals surface area contributed by atoms with Gasteiger partial charge in [-0.25, -0.2) is 4.98 Å².